The monoisotopic (exact) mass is 299 g/mol. The van der Waals surface area contributed by atoms with E-state index in [1.807, 2.05) is 0 Å². The van der Waals surface area contributed by atoms with Crippen molar-refractivity contribution in [2.75, 3.05) is 5.73 Å². The molecule has 0 aliphatic heterocycles. The van der Waals surface area contributed by atoms with Crippen LogP contribution in [0.5, 0.6) is 11.6 Å². The fourth-order valence-electron chi connectivity index (χ4n) is 1.13. The molecule has 6 heteroatoms. The molecular formula is C10H7BrClN3O. The van der Waals surface area contributed by atoms with Crippen LogP contribution in [0.2, 0.25) is 5.02 Å². The highest BCUT2D eigenvalue weighted by atomic mass is 79.9. The number of nitrogens with zero attached hydrogens (tertiary/aromatic N) is 2. The lowest BCUT2D eigenvalue weighted by Crippen LogP contribution is -1.91. The summed E-state index contributed by atoms with van der Waals surface area (Å²) in [6.45, 7) is 0. The molecule has 1 aromatic heterocycles. The predicted octanol–water partition coefficient (Wildman–Crippen LogP) is 3.27. The minimum absolute atomic E-state index is 0.300. The lowest BCUT2D eigenvalue weighted by atomic mass is 10.3. The molecule has 2 aromatic rings. The summed E-state index contributed by atoms with van der Waals surface area (Å²) in [5.74, 6) is 0.863. The summed E-state index contributed by atoms with van der Waals surface area (Å²) in [5, 5.41) is 0.348. The number of benzene rings is 1. The van der Waals surface area contributed by atoms with Gasteiger partial charge in [0.15, 0.2) is 0 Å². The Labute approximate surface area is 106 Å². The van der Waals surface area contributed by atoms with Crippen LogP contribution in [-0.4, -0.2) is 9.97 Å². The molecule has 0 unspecified atom stereocenters. The Hall–Kier alpha value is -1.33. The smallest absolute Gasteiger partial charge is 0.241 e. The van der Waals surface area contributed by atoms with Gasteiger partial charge in [-0.25, -0.2) is 9.97 Å². The van der Waals surface area contributed by atoms with Crippen LogP contribution in [0.25, 0.3) is 0 Å². The van der Waals surface area contributed by atoms with Gasteiger partial charge in [0.1, 0.15) is 17.1 Å². The molecule has 0 saturated carbocycles. The van der Waals surface area contributed by atoms with Crippen molar-refractivity contribution >= 4 is 33.2 Å². The maximum absolute atomic E-state index is 5.86. The van der Waals surface area contributed by atoms with Gasteiger partial charge in [0, 0.05) is 16.2 Å². The third kappa shape index (κ3) is 2.62. The zero-order valence-corrected chi connectivity index (χ0v) is 10.4. The Kier molecular flexibility index (Phi) is 3.26. The maximum Gasteiger partial charge on any atom is 0.241 e. The maximum atomic E-state index is 5.86. The van der Waals surface area contributed by atoms with E-state index >= 15 is 0 Å². The lowest BCUT2D eigenvalue weighted by Gasteiger charge is -2.06. The van der Waals surface area contributed by atoms with E-state index in [2.05, 4.69) is 25.9 Å². The van der Waals surface area contributed by atoms with Gasteiger partial charge in [0.2, 0.25) is 5.88 Å². The molecule has 1 heterocycles. The van der Waals surface area contributed by atoms with Crippen LogP contribution in [-0.2, 0) is 0 Å². The molecule has 0 aliphatic rings. The number of hydrogen-bond donors (Lipinski definition) is 1. The van der Waals surface area contributed by atoms with Crippen molar-refractivity contribution in [2.45, 2.75) is 0 Å². The number of ether oxygens (including phenoxy) is 1. The summed E-state index contributed by atoms with van der Waals surface area (Å²) < 4.78 is 6.30. The molecule has 0 spiro atoms. The van der Waals surface area contributed by atoms with Crippen molar-refractivity contribution < 1.29 is 4.74 Å². The van der Waals surface area contributed by atoms with E-state index in [1.165, 1.54) is 12.5 Å². The summed E-state index contributed by atoms with van der Waals surface area (Å²) in [6, 6.07) is 5.23. The molecule has 16 heavy (non-hydrogen) atoms. The van der Waals surface area contributed by atoms with E-state index in [4.69, 9.17) is 22.1 Å². The summed E-state index contributed by atoms with van der Waals surface area (Å²) in [7, 11) is 0. The molecule has 2 N–H and O–H groups in total. The van der Waals surface area contributed by atoms with Crippen molar-refractivity contribution in [3.8, 4) is 11.6 Å². The Morgan fingerprint density at radius 2 is 2.12 bits per heavy atom. The van der Waals surface area contributed by atoms with Crippen LogP contribution >= 0.6 is 27.5 Å². The van der Waals surface area contributed by atoms with Gasteiger partial charge in [-0.1, -0.05) is 27.5 Å². The quantitative estimate of drug-likeness (QED) is 0.865. The van der Waals surface area contributed by atoms with E-state index in [0.717, 1.165) is 4.47 Å². The first-order valence-corrected chi connectivity index (χ1v) is 5.51. The molecule has 0 bridgehead atoms. The largest absolute Gasteiger partial charge is 0.437 e. The van der Waals surface area contributed by atoms with Crippen LogP contribution in [0.1, 0.15) is 0 Å². The van der Waals surface area contributed by atoms with Gasteiger partial charge in [-0.2, -0.15) is 0 Å². The van der Waals surface area contributed by atoms with Gasteiger partial charge in [-0.3, -0.25) is 0 Å². The lowest BCUT2D eigenvalue weighted by molar-refractivity contribution is 0.461. The van der Waals surface area contributed by atoms with Gasteiger partial charge >= 0.3 is 0 Å². The number of nitrogen functional groups attached to an aromatic ring is 1. The second-order valence-electron chi connectivity index (χ2n) is 3.00. The number of aromatic nitrogens is 2. The zero-order valence-electron chi connectivity index (χ0n) is 8.02. The topological polar surface area (TPSA) is 61.0 Å². The van der Waals surface area contributed by atoms with E-state index in [-0.39, 0.29) is 0 Å². The van der Waals surface area contributed by atoms with Crippen molar-refractivity contribution in [3.63, 3.8) is 0 Å². The number of anilines is 1. The zero-order chi connectivity index (χ0) is 11.5. The highest BCUT2D eigenvalue weighted by Crippen LogP contribution is 2.29. The molecular weight excluding hydrogens is 293 g/mol. The summed E-state index contributed by atoms with van der Waals surface area (Å²) in [4.78, 5) is 7.68. The number of nitrogens with two attached hydrogens (primary N) is 1. The number of halogens is 2. The standard InChI is InChI=1S/C10H7BrClN3O/c11-6-1-7(13)3-8(2-6)16-10-9(12)4-14-5-15-10/h1-5H,13H2. The predicted molar refractivity (Wildman–Crippen MR) is 65.7 cm³/mol. The van der Waals surface area contributed by atoms with Gasteiger partial charge < -0.3 is 10.5 Å². The van der Waals surface area contributed by atoms with E-state index < -0.39 is 0 Å². The van der Waals surface area contributed by atoms with E-state index in [9.17, 15) is 0 Å². The Morgan fingerprint density at radius 1 is 1.31 bits per heavy atom. The summed E-state index contributed by atoms with van der Waals surface area (Å²) in [5.41, 5.74) is 6.27. The van der Waals surface area contributed by atoms with Crippen molar-refractivity contribution in [1.29, 1.82) is 0 Å². The highest BCUT2D eigenvalue weighted by Gasteiger charge is 2.05. The van der Waals surface area contributed by atoms with Gasteiger partial charge in [-0.05, 0) is 12.1 Å². The molecule has 1 aromatic carbocycles. The van der Waals surface area contributed by atoms with Crippen LogP contribution in [0.15, 0.2) is 35.2 Å². The molecule has 2 rings (SSSR count). The molecule has 0 aliphatic carbocycles. The number of hydrogen-bond acceptors (Lipinski definition) is 4. The summed E-state index contributed by atoms with van der Waals surface area (Å²) >= 11 is 9.18. The first-order chi connectivity index (χ1) is 7.65. The third-order valence-corrected chi connectivity index (χ3v) is 2.46. The Balaban J connectivity index is 2.30. The van der Waals surface area contributed by atoms with E-state index in [0.29, 0.717) is 22.3 Å². The van der Waals surface area contributed by atoms with E-state index in [1.54, 1.807) is 18.2 Å². The second kappa shape index (κ2) is 4.67. The fraction of sp³-hybridized carbons (Fsp3) is 0. The minimum atomic E-state index is 0.300. The van der Waals surface area contributed by atoms with Crippen LogP contribution in [0, 0.1) is 0 Å². The van der Waals surface area contributed by atoms with Crippen molar-refractivity contribution in [1.82, 2.24) is 9.97 Å². The normalized spacial score (nSPS) is 10.1. The minimum Gasteiger partial charge on any atom is -0.437 e. The molecule has 0 atom stereocenters. The second-order valence-corrected chi connectivity index (χ2v) is 4.32. The molecule has 0 fully saturated rings. The highest BCUT2D eigenvalue weighted by molar-refractivity contribution is 9.10. The number of rotatable bonds is 2. The molecule has 0 saturated heterocycles. The SMILES string of the molecule is Nc1cc(Br)cc(Oc2ncncc2Cl)c1. The Morgan fingerprint density at radius 3 is 2.81 bits per heavy atom. The Bertz CT molecular complexity index is 501. The van der Waals surface area contributed by atoms with Crippen molar-refractivity contribution in [3.05, 3.63) is 40.2 Å². The van der Waals surface area contributed by atoms with Gasteiger partial charge in [0.25, 0.3) is 0 Å². The molecule has 0 amide bonds. The first kappa shape index (κ1) is 11.2. The molecule has 82 valence electrons. The summed E-state index contributed by atoms with van der Waals surface area (Å²) in [6.07, 6.45) is 2.83. The third-order valence-electron chi connectivity index (χ3n) is 1.74. The van der Waals surface area contributed by atoms with Gasteiger partial charge in [0.05, 0.1) is 6.20 Å². The fourth-order valence-corrected chi connectivity index (χ4v) is 1.77. The first-order valence-electron chi connectivity index (χ1n) is 4.34. The molecule has 0 radical (unpaired) electrons. The van der Waals surface area contributed by atoms with Crippen LogP contribution in [0.4, 0.5) is 5.69 Å². The van der Waals surface area contributed by atoms with Crippen LogP contribution in [0.3, 0.4) is 0 Å². The van der Waals surface area contributed by atoms with Crippen LogP contribution < -0.4 is 10.5 Å². The molecule has 4 nitrogen and oxygen atoms in total. The average molecular weight is 301 g/mol. The average Bonchev–Trinajstić information content (AvgIpc) is 2.20. The van der Waals surface area contributed by atoms with Crippen molar-refractivity contribution in [2.24, 2.45) is 0 Å². The van der Waals surface area contributed by atoms with Gasteiger partial charge in [-0.15, -0.1) is 0 Å².